The summed E-state index contributed by atoms with van der Waals surface area (Å²) in [6, 6.07) is -0.314. The monoisotopic (exact) mass is 303 g/mol. The Morgan fingerprint density at radius 2 is 1.90 bits per heavy atom. The van der Waals surface area contributed by atoms with Gasteiger partial charge in [-0.05, 0) is 20.8 Å². The van der Waals surface area contributed by atoms with Crippen molar-refractivity contribution in [2.45, 2.75) is 26.3 Å². The molecule has 1 saturated heterocycles. The summed E-state index contributed by atoms with van der Waals surface area (Å²) in [5.41, 5.74) is -0.510. The standard InChI is InChI=1S/C13H25N3O3S/c1-13(2,3)16(10-11(17)18)12(19)14-4-5-15-6-8-20-9-7-15/h4-10H2,1-3H3,(H,14,19)(H,17,18). The topological polar surface area (TPSA) is 72.9 Å². The summed E-state index contributed by atoms with van der Waals surface area (Å²) in [5.74, 6) is 1.28. The van der Waals surface area contributed by atoms with Gasteiger partial charge in [-0.15, -0.1) is 0 Å². The van der Waals surface area contributed by atoms with Crippen LogP contribution in [0.5, 0.6) is 0 Å². The molecule has 0 aromatic heterocycles. The van der Waals surface area contributed by atoms with Crippen molar-refractivity contribution in [2.75, 3.05) is 44.2 Å². The van der Waals surface area contributed by atoms with E-state index in [1.807, 2.05) is 32.5 Å². The lowest BCUT2D eigenvalue weighted by Gasteiger charge is -2.34. The molecule has 0 atom stereocenters. The third-order valence-electron chi connectivity index (χ3n) is 3.16. The van der Waals surface area contributed by atoms with E-state index >= 15 is 0 Å². The summed E-state index contributed by atoms with van der Waals surface area (Å²) in [5, 5.41) is 11.7. The van der Waals surface area contributed by atoms with Gasteiger partial charge in [-0.1, -0.05) is 0 Å². The third-order valence-corrected chi connectivity index (χ3v) is 4.10. The maximum atomic E-state index is 12.1. The van der Waals surface area contributed by atoms with Crippen molar-refractivity contribution in [3.8, 4) is 0 Å². The minimum Gasteiger partial charge on any atom is -0.480 e. The lowest BCUT2D eigenvalue weighted by molar-refractivity contribution is -0.138. The van der Waals surface area contributed by atoms with E-state index in [9.17, 15) is 9.59 Å². The number of hydrogen-bond acceptors (Lipinski definition) is 4. The first-order valence-electron chi connectivity index (χ1n) is 6.88. The first-order chi connectivity index (χ1) is 9.30. The summed E-state index contributed by atoms with van der Waals surface area (Å²) in [6.07, 6.45) is 0. The Bertz CT molecular complexity index is 338. The average molecular weight is 303 g/mol. The summed E-state index contributed by atoms with van der Waals surface area (Å²) in [6.45, 7) is 8.69. The van der Waals surface area contributed by atoms with Crippen LogP contribution in [0, 0.1) is 0 Å². The summed E-state index contributed by atoms with van der Waals surface area (Å²) >= 11 is 1.95. The van der Waals surface area contributed by atoms with E-state index in [0.717, 1.165) is 31.1 Å². The molecule has 1 heterocycles. The molecule has 7 heteroatoms. The van der Waals surface area contributed by atoms with E-state index in [1.165, 1.54) is 4.90 Å². The minimum atomic E-state index is -0.997. The number of carbonyl (C=O) groups excluding carboxylic acids is 1. The molecule has 0 bridgehead atoms. The Morgan fingerprint density at radius 1 is 1.30 bits per heavy atom. The van der Waals surface area contributed by atoms with Gasteiger partial charge in [0, 0.05) is 43.2 Å². The van der Waals surface area contributed by atoms with E-state index in [1.54, 1.807) is 0 Å². The molecule has 0 saturated carbocycles. The van der Waals surface area contributed by atoms with Gasteiger partial charge in [-0.2, -0.15) is 11.8 Å². The second-order valence-corrected chi connectivity index (χ2v) is 7.06. The number of carbonyl (C=O) groups is 2. The first kappa shape index (κ1) is 17.1. The zero-order valence-electron chi connectivity index (χ0n) is 12.5. The molecule has 1 aliphatic heterocycles. The van der Waals surface area contributed by atoms with Crippen LogP contribution >= 0.6 is 11.8 Å². The van der Waals surface area contributed by atoms with Gasteiger partial charge in [0.2, 0.25) is 0 Å². The molecule has 1 rings (SSSR count). The van der Waals surface area contributed by atoms with Crippen molar-refractivity contribution in [3.63, 3.8) is 0 Å². The summed E-state index contributed by atoms with van der Waals surface area (Å²) in [7, 11) is 0. The molecule has 0 unspecified atom stereocenters. The Kier molecular flexibility index (Phi) is 6.61. The molecule has 0 aromatic rings. The third kappa shape index (κ3) is 6.00. The van der Waals surface area contributed by atoms with Crippen LogP contribution in [0.4, 0.5) is 4.79 Å². The molecule has 0 spiro atoms. The number of amides is 2. The smallest absolute Gasteiger partial charge is 0.323 e. The molecule has 116 valence electrons. The Hall–Kier alpha value is -0.950. The van der Waals surface area contributed by atoms with Gasteiger partial charge in [-0.25, -0.2) is 4.79 Å². The largest absolute Gasteiger partial charge is 0.480 e. The average Bonchev–Trinajstić information content (AvgIpc) is 2.35. The predicted molar refractivity (Wildman–Crippen MR) is 81.3 cm³/mol. The molecule has 1 fully saturated rings. The van der Waals surface area contributed by atoms with Crippen LogP contribution in [0.1, 0.15) is 20.8 Å². The number of urea groups is 1. The molecule has 1 aliphatic rings. The Labute approximate surface area is 124 Å². The SMILES string of the molecule is CC(C)(C)N(CC(=O)O)C(=O)NCCN1CCSCC1. The number of rotatable bonds is 5. The highest BCUT2D eigenvalue weighted by Gasteiger charge is 2.28. The van der Waals surface area contributed by atoms with Gasteiger partial charge in [0.15, 0.2) is 0 Å². The van der Waals surface area contributed by atoms with Crippen LogP contribution in [0.2, 0.25) is 0 Å². The molecule has 0 aliphatic carbocycles. The quantitative estimate of drug-likeness (QED) is 0.790. The van der Waals surface area contributed by atoms with E-state index in [2.05, 4.69) is 10.2 Å². The maximum absolute atomic E-state index is 12.1. The number of nitrogens with one attached hydrogen (secondary N) is 1. The fourth-order valence-electron chi connectivity index (χ4n) is 1.99. The molecule has 0 aromatic carbocycles. The highest BCUT2D eigenvalue weighted by molar-refractivity contribution is 7.99. The normalized spacial score (nSPS) is 16.8. The van der Waals surface area contributed by atoms with Gasteiger partial charge in [0.1, 0.15) is 6.54 Å². The van der Waals surface area contributed by atoms with Crippen LogP contribution in [0.25, 0.3) is 0 Å². The van der Waals surface area contributed by atoms with Crippen molar-refractivity contribution >= 4 is 23.8 Å². The molecule has 2 N–H and O–H groups in total. The van der Waals surface area contributed by atoms with Crippen LogP contribution in [0.3, 0.4) is 0 Å². The fraction of sp³-hybridized carbons (Fsp3) is 0.846. The molecular weight excluding hydrogens is 278 g/mol. The van der Waals surface area contributed by atoms with Crippen molar-refractivity contribution in [1.82, 2.24) is 15.1 Å². The van der Waals surface area contributed by atoms with E-state index in [-0.39, 0.29) is 12.6 Å². The van der Waals surface area contributed by atoms with Crippen molar-refractivity contribution in [3.05, 3.63) is 0 Å². The van der Waals surface area contributed by atoms with Crippen LogP contribution < -0.4 is 5.32 Å². The van der Waals surface area contributed by atoms with Crippen LogP contribution in [0.15, 0.2) is 0 Å². The maximum Gasteiger partial charge on any atom is 0.323 e. The van der Waals surface area contributed by atoms with Crippen molar-refractivity contribution < 1.29 is 14.7 Å². The first-order valence-corrected chi connectivity index (χ1v) is 8.03. The van der Waals surface area contributed by atoms with E-state index in [0.29, 0.717) is 6.54 Å². The van der Waals surface area contributed by atoms with Gasteiger partial charge in [-0.3, -0.25) is 9.69 Å². The number of nitrogens with zero attached hydrogens (tertiary/aromatic N) is 2. The predicted octanol–water partition coefficient (Wildman–Crippen LogP) is 0.930. The van der Waals surface area contributed by atoms with Crippen molar-refractivity contribution in [2.24, 2.45) is 0 Å². The second kappa shape index (κ2) is 7.73. The highest BCUT2D eigenvalue weighted by atomic mass is 32.2. The zero-order valence-corrected chi connectivity index (χ0v) is 13.3. The number of hydrogen-bond donors (Lipinski definition) is 2. The van der Waals surface area contributed by atoms with Gasteiger partial charge in [0.25, 0.3) is 0 Å². The summed E-state index contributed by atoms with van der Waals surface area (Å²) < 4.78 is 0. The van der Waals surface area contributed by atoms with E-state index in [4.69, 9.17) is 5.11 Å². The molecule has 6 nitrogen and oxygen atoms in total. The number of aliphatic carboxylic acids is 1. The Morgan fingerprint density at radius 3 is 2.40 bits per heavy atom. The highest BCUT2D eigenvalue weighted by Crippen LogP contribution is 2.13. The molecule has 0 radical (unpaired) electrons. The van der Waals surface area contributed by atoms with Gasteiger partial charge < -0.3 is 15.3 Å². The fourth-order valence-corrected chi connectivity index (χ4v) is 2.97. The van der Waals surface area contributed by atoms with Gasteiger partial charge >= 0.3 is 12.0 Å². The van der Waals surface area contributed by atoms with Crippen molar-refractivity contribution in [1.29, 1.82) is 0 Å². The van der Waals surface area contributed by atoms with Crippen LogP contribution in [-0.4, -0.2) is 76.7 Å². The number of carboxylic acids is 1. The lowest BCUT2D eigenvalue weighted by Crippen LogP contribution is -2.53. The Balaban J connectivity index is 2.39. The molecular formula is C13H25N3O3S. The molecule has 20 heavy (non-hydrogen) atoms. The van der Waals surface area contributed by atoms with E-state index < -0.39 is 11.5 Å². The number of thioether (sulfide) groups is 1. The molecule has 2 amide bonds. The minimum absolute atomic E-state index is 0.282. The second-order valence-electron chi connectivity index (χ2n) is 5.84. The summed E-state index contributed by atoms with van der Waals surface area (Å²) in [4.78, 5) is 26.6. The number of carboxylic acid groups (broad SMARTS) is 1. The zero-order chi connectivity index (χ0) is 15.2. The van der Waals surface area contributed by atoms with Gasteiger partial charge in [0.05, 0.1) is 0 Å². The lowest BCUT2D eigenvalue weighted by atomic mass is 10.1. The van der Waals surface area contributed by atoms with Crippen LogP contribution in [-0.2, 0) is 4.79 Å².